The van der Waals surface area contributed by atoms with E-state index in [0.717, 1.165) is 122 Å². The van der Waals surface area contributed by atoms with Gasteiger partial charge in [0.25, 0.3) is 0 Å². The van der Waals surface area contributed by atoms with Crippen molar-refractivity contribution in [2.45, 2.75) is 0 Å². The van der Waals surface area contributed by atoms with Crippen molar-refractivity contribution in [3.63, 3.8) is 0 Å². The van der Waals surface area contributed by atoms with Crippen molar-refractivity contribution >= 4 is 88.6 Å². The molecule has 14 rings (SSSR count). The first-order valence-corrected chi connectivity index (χ1v) is 25.1. The molecule has 0 aliphatic carbocycles. The van der Waals surface area contributed by atoms with Gasteiger partial charge in [-0.3, -0.25) is 4.57 Å². The number of hydrogen-bond acceptors (Lipinski definition) is 4. The Morgan fingerprint density at radius 3 is 1.61 bits per heavy atom. The van der Waals surface area contributed by atoms with Crippen LogP contribution < -0.4 is 9.80 Å². The minimum Gasteiger partial charge on any atom is -0.455 e. The van der Waals surface area contributed by atoms with Crippen LogP contribution >= 0.6 is 0 Å². The van der Waals surface area contributed by atoms with Crippen LogP contribution in [0.15, 0.2) is 284 Å². The number of aromatic nitrogens is 2. The molecule has 14 aromatic rings. The van der Waals surface area contributed by atoms with Crippen molar-refractivity contribution in [2.24, 2.45) is 0 Å². The first-order valence-electron chi connectivity index (χ1n) is 25.1. The molecule has 0 spiro atoms. The third-order valence-electron chi connectivity index (χ3n) is 14.3. The minimum absolute atomic E-state index is 0.859. The Kier molecular flexibility index (Phi) is 10.4. The van der Waals surface area contributed by atoms with E-state index in [9.17, 15) is 0 Å². The van der Waals surface area contributed by atoms with E-state index in [2.05, 4.69) is 275 Å². The second-order valence-electron chi connectivity index (χ2n) is 18.7. The molecule has 11 aromatic carbocycles. The standard InChI is InChI=1S/C69H46N4O/c1-5-22-47(23-6-1)62-45-56(46-64-59-35-16-18-37-66(59)74-69(62)64)72(53-30-11-4-12-31-53)54-32-21-25-49(40-54)61-42-50(43-63-58-34-15-17-36-65(58)73(68(61)63)67-38-19-20-39-70-67)60-44-55(41-48-24-13-14-33-57(48)60)71(51-26-7-2-8-27-51)52-28-9-3-10-29-52/h1-46H. The van der Waals surface area contributed by atoms with E-state index < -0.39 is 0 Å². The van der Waals surface area contributed by atoms with E-state index in [-0.39, 0.29) is 0 Å². The summed E-state index contributed by atoms with van der Waals surface area (Å²) in [6.07, 6.45) is 1.88. The number of benzene rings is 11. The number of pyridine rings is 1. The van der Waals surface area contributed by atoms with Crippen LogP contribution in [0.4, 0.5) is 34.1 Å². The second kappa shape index (κ2) is 18.0. The fourth-order valence-corrected chi connectivity index (χ4v) is 11.1. The predicted molar refractivity (Wildman–Crippen MR) is 309 cm³/mol. The molecule has 348 valence electrons. The van der Waals surface area contributed by atoms with Crippen LogP contribution in [0.1, 0.15) is 0 Å². The summed E-state index contributed by atoms with van der Waals surface area (Å²) in [5.41, 5.74) is 16.8. The lowest BCUT2D eigenvalue weighted by atomic mass is 9.91. The van der Waals surface area contributed by atoms with Crippen molar-refractivity contribution < 1.29 is 4.42 Å². The molecule has 0 aliphatic rings. The molecule has 0 saturated carbocycles. The van der Waals surface area contributed by atoms with Gasteiger partial charge in [-0.1, -0.05) is 164 Å². The Hall–Kier alpha value is -9.97. The molecular weight excluding hydrogens is 901 g/mol. The number of anilines is 6. The fourth-order valence-electron chi connectivity index (χ4n) is 11.1. The van der Waals surface area contributed by atoms with Gasteiger partial charge in [0.1, 0.15) is 17.0 Å². The second-order valence-corrected chi connectivity index (χ2v) is 18.7. The van der Waals surface area contributed by atoms with Gasteiger partial charge >= 0.3 is 0 Å². The molecule has 0 bridgehead atoms. The molecule has 0 amide bonds. The van der Waals surface area contributed by atoms with Gasteiger partial charge in [0.2, 0.25) is 0 Å². The van der Waals surface area contributed by atoms with Crippen LogP contribution in [0.25, 0.3) is 93.7 Å². The smallest absolute Gasteiger partial charge is 0.143 e. The van der Waals surface area contributed by atoms with Crippen molar-refractivity contribution in [1.82, 2.24) is 9.55 Å². The molecule has 0 radical (unpaired) electrons. The average molecular weight is 947 g/mol. The lowest BCUT2D eigenvalue weighted by molar-refractivity contribution is 0.670. The maximum Gasteiger partial charge on any atom is 0.143 e. The Morgan fingerprint density at radius 1 is 0.324 bits per heavy atom. The first-order chi connectivity index (χ1) is 36.7. The van der Waals surface area contributed by atoms with Crippen molar-refractivity contribution in [3.8, 4) is 39.2 Å². The zero-order chi connectivity index (χ0) is 49.0. The highest BCUT2D eigenvalue weighted by molar-refractivity contribution is 6.17. The lowest BCUT2D eigenvalue weighted by Gasteiger charge is -2.27. The number of para-hydroxylation sites is 5. The summed E-state index contributed by atoms with van der Waals surface area (Å²) in [4.78, 5) is 9.75. The lowest BCUT2D eigenvalue weighted by Crippen LogP contribution is -2.10. The predicted octanol–water partition coefficient (Wildman–Crippen LogP) is 19.2. The Balaban J connectivity index is 1.04. The van der Waals surface area contributed by atoms with E-state index in [1.807, 2.05) is 18.3 Å². The Bertz CT molecular complexity index is 4320. The van der Waals surface area contributed by atoms with Crippen LogP contribution in [-0.4, -0.2) is 9.55 Å². The quantitative estimate of drug-likeness (QED) is 0.137. The van der Waals surface area contributed by atoms with Gasteiger partial charge in [0.05, 0.1) is 11.0 Å². The van der Waals surface area contributed by atoms with Crippen molar-refractivity contribution in [3.05, 3.63) is 279 Å². The highest BCUT2D eigenvalue weighted by atomic mass is 16.3. The molecule has 0 fully saturated rings. The largest absolute Gasteiger partial charge is 0.455 e. The molecule has 0 unspecified atom stereocenters. The molecular formula is C69H46N4O. The monoisotopic (exact) mass is 946 g/mol. The summed E-state index contributed by atoms with van der Waals surface area (Å²) in [6, 6.07) is 97.7. The molecule has 74 heavy (non-hydrogen) atoms. The molecule has 0 atom stereocenters. The van der Waals surface area contributed by atoms with Gasteiger partial charge in [0, 0.05) is 73.0 Å². The summed E-state index contributed by atoms with van der Waals surface area (Å²) in [5, 5.41) is 6.78. The van der Waals surface area contributed by atoms with Gasteiger partial charge in [-0.25, -0.2) is 4.98 Å². The van der Waals surface area contributed by atoms with Crippen LogP contribution in [0.2, 0.25) is 0 Å². The van der Waals surface area contributed by atoms with E-state index in [0.29, 0.717) is 0 Å². The third-order valence-corrected chi connectivity index (χ3v) is 14.3. The topological polar surface area (TPSA) is 37.4 Å². The van der Waals surface area contributed by atoms with E-state index >= 15 is 0 Å². The summed E-state index contributed by atoms with van der Waals surface area (Å²) >= 11 is 0. The maximum absolute atomic E-state index is 6.69. The number of rotatable bonds is 10. The van der Waals surface area contributed by atoms with Crippen molar-refractivity contribution in [2.75, 3.05) is 9.80 Å². The highest BCUT2D eigenvalue weighted by Crippen LogP contribution is 2.48. The average Bonchev–Trinajstić information content (AvgIpc) is 4.02. The molecule has 3 aromatic heterocycles. The zero-order valence-corrected chi connectivity index (χ0v) is 40.3. The van der Waals surface area contributed by atoms with Gasteiger partial charge in [0.15, 0.2) is 0 Å². The van der Waals surface area contributed by atoms with E-state index in [4.69, 9.17) is 9.40 Å². The van der Waals surface area contributed by atoms with Crippen molar-refractivity contribution in [1.29, 1.82) is 0 Å². The summed E-state index contributed by atoms with van der Waals surface area (Å²) in [6.45, 7) is 0. The van der Waals surface area contributed by atoms with Gasteiger partial charge < -0.3 is 14.2 Å². The maximum atomic E-state index is 6.69. The fraction of sp³-hybridized carbons (Fsp3) is 0. The summed E-state index contributed by atoms with van der Waals surface area (Å²) < 4.78 is 9.03. The molecule has 0 aliphatic heterocycles. The van der Waals surface area contributed by atoms with Crippen LogP contribution in [0.5, 0.6) is 0 Å². The van der Waals surface area contributed by atoms with Crippen LogP contribution in [-0.2, 0) is 0 Å². The SMILES string of the molecule is c1ccc(-c2cc(N(c3ccccc3)c3cccc(-c4cc(-c5cc(N(c6ccccc6)c6ccccc6)cc6ccccc56)cc5c6ccccc6n(-c6ccccn6)c45)c3)cc3c2oc2ccccc23)cc1. The summed E-state index contributed by atoms with van der Waals surface area (Å²) in [5.74, 6) is 0.859. The third kappa shape index (κ3) is 7.37. The minimum atomic E-state index is 0.859. The molecule has 5 heteroatoms. The van der Waals surface area contributed by atoms with Gasteiger partial charge in [-0.2, -0.15) is 0 Å². The Labute approximate surface area is 428 Å². The highest BCUT2D eigenvalue weighted by Gasteiger charge is 2.24. The normalized spacial score (nSPS) is 11.5. The molecule has 5 nitrogen and oxygen atoms in total. The number of furan rings is 1. The zero-order valence-electron chi connectivity index (χ0n) is 40.3. The summed E-state index contributed by atoms with van der Waals surface area (Å²) in [7, 11) is 0. The van der Waals surface area contributed by atoms with E-state index in [1.165, 1.54) is 5.39 Å². The number of nitrogens with zero attached hydrogens (tertiary/aromatic N) is 4. The Morgan fingerprint density at radius 2 is 0.892 bits per heavy atom. The van der Waals surface area contributed by atoms with Crippen LogP contribution in [0.3, 0.4) is 0 Å². The number of fused-ring (bicyclic) bond motifs is 7. The molecule has 0 saturated heterocycles. The van der Waals surface area contributed by atoms with Crippen LogP contribution in [0, 0.1) is 0 Å². The molecule has 3 heterocycles. The molecule has 0 N–H and O–H groups in total. The van der Waals surface area contributed by atoms with Gasteiger partial charge in [-0.05, 0) is 142 Å². The number of hydrogen-bond donors (Lipinski definition) is 0. The first kappa shape index (κ1) is 42.9. The van der Waals surface area contributed by atoms with Gasteiger partial charge in [-0.15, -0.1) is 0 Å². The van der Waals surface area contributed by atoms with E-state index in [1.54, 1.807) is 0 Å².